The molecule has 3 N–H and O–H groups in total. The Morgan fingerprint density at radius 2 is 1.73 bits per heavy atom. The average molecular weight is 386 g/mol. The number of hydrogen-bond acceptors (Lipinski definition) is 5. The van der Waals surface area contributed by atoms with Crippen LogP contribution < -0.4 is 14.8 Å². The number of carboxylic acids is 1. The Kier molecular flexibility index (Phi) is 7.88. The highest BCUT2D eigenvalue weighted by atomic mass is 32.2. The van der Waals surface area contributed by atoms with Crippen molar-refractivity contribution in [2.45, 2.75) is 46.3 Å². The van der Waals surface area contributed by atoms with E-state index < -0.39 is 33.7 Å². The maximum atomic E-state index is 12.1. The maximum absolute atomic E-state index is 12.1. The number of anilines is 1. The molecule has 1 aromatic rings. The summed E-state index contributed by atoms with van der Waals surface area (Å²) in [7, 11) is -3.97. The SMILES string of the molecule is CCC(C)C(NC(=O)CS(=O)(=O)Nc1ccc(OC(C)C)cc1)C(=O)O. The van der Waals surface area contributed by atoms with E-state index in [2.05, 4.69) is 10.0 Å². The number of benzene rings is 1. The van der Waals surface area contributed by atoms with Gasteiger partial charge in [-0.3, -0.25) is 9.52 Å². The first-order valence-electron chi connectivity index (χ1n) is 8.33. The number of aliphatic carboxylic acids is 1. The van der Waals surface area contributed by atoms with E-state index in [4.69, 9.17) is 9.84 Å². The van der Waals surface area contributed by atoms with Crippen molar-refractivity contribution in [3.05, 3.63) is 24.3 Å². The number of carboxylic acid groups (broad SMARTS) is 1. The lowest BCUT2D eigenvalue weighted by Crippen LogP contribution is -2.47. The van der Waals surface area contributed by atoms with E-state index in [1.807, 2.05) is 13.8 Å². The minimum Gasteiger partial charge on any atom is -0.491 e. The molecule has 0 saturated heterocycles. The van der Waals surface area contributed by atoms with Crippen LogP contribution in [0.15, 0.2) is 24.3 Å². The predicted molar refractivity (Wildman–Crippen MR) is 98.6 cm³/mol. The molecule has 2 atom stereocenters. The highest BCUT2D eigenvalue weighted by molar-refractivity contribution is 7.93. The van der Waals surface area contributed by atoms with Crippen molar-refractivity contribution in [1.82, 2.24) is 5.32 Å². The monoisotopic (exact) mass is 386 g/mol. The van der Waals surface area contributed by atoms with Gasteiger partial charge in [-0.25, -0.2) is 13.2 Å². The van der Waals surface area contributed by atoms with Crippen LogP contribution >= 0.6 is 0 Å². The molecule has 0 aliphatic carbocycles. The summed E-state index contributed by atoms with van der Waals surface area (Å²) < 4.78 is 32.0. The number of sulfonamides is 1. The standard InChI is InChI=1S/C17H26N2O6S/c1-5-12(4)16(17(21)22)18-15(20)10-26(23,24)19-13-6-8-14(9-7-13)25-11(2)3/h6-9,11-12,16,19H,5,10H2,1-4H3,(H,18,20)(H,21,22). The van der Waals surface area contributed by atoms with E-state index in [0.29, 0.717) is 12.2 Å². The van der Waals surface area contributed by atoms with Crippen LogP contribution in [0.25, 0.3) is 0 Å². The summed E-state index contributed by atoms with van der Waals surface area (Å²) in [5.41, 5.74) is 0.283. The molecule has 0 aliphatic rings. The summed E-state index contributed by atoms with van der Waals surface area (Å²) in [6.07, 6.45) is 0.529. The Bertz CT molecular complexity index is 715. The smallest absolute Gasteiger partial charge is 0.326 e. The fourth-order valence-electron chi connectivity index (χ4n) is 2.16. The summed E-state index contributed by atoms with van der Waals surface area (Å²) >= 11 is 0. The number of carbonyl (C=O) groups excluding carboxylic acids is 1. The van der Waals surface area contributed by atoms with Crippen LogP contribution in [0.2, 0.25) is 0 Å². The molecule has 0 aromatic heterocycles. The minimum absolute atomic E-state index is 0.00562. The summed E-state index contributed by atoms with van der Waals surface area (Å²) in [6, 6.07) is 5.14. The van der Waals surface area contributed by atoms with Crippen molar-refractivity contribution < 1.29 is 27.9 Å². The molecule has 8 nitrogen and oxygen atoms in total. The number of hydrogen-bond donors (Lipinski definition) is 3. The topological polar surface area (TPSA) is 122 Å². The summed E-state index contributed by atoms with van der Waals surface area (Å²) in [5.74, 6) is -2.65. The summed E-state index contributed by atoms with van der Waals surface area (Å²) in [6.45, 7) is 7.21. The fraction of sp³-hybridized carbons (Fsp3) is 0.529. The lowest BCUT2D eigenvalue weighted by atomic mass is 9.99. The van der Waals surface area contributed by atoms with Crippen LogP contribution in [-0.2, 0) is 19.6 Å². The van der Waals surface area contributed by atoms with Gasteiger partial charge in [0.2, 0.25) is 15.9 Å². The zero-order valence-electron chi connectivity index (χ0n) is 15.4. The molecule has 0 saturated carbocycles. The van der Waals surface area contributed by atoms with Gasteiger partial charge < -0.3 is 15.2 Å². The third-order valence-corrected chi connectivity index (χ3v) is 4.81. The number of rotatable bonds is 10. The molecule has 0 heterocycles. The van der Waals surface area contributed by atoms with Gasteiger partial charge in [-0.15, -0.1) is 0 Å². The van der Waals surface area contributed by atoms with Crippen molar-refractivity contribution in [2.24, 2.45) is 5.92 Å². The number of ether oxygens (including phenoxy) is 1. The van der Waals surface area contributed by atoms with Crippen LogP contribution in [0, 0.1) is 5.92 Å². The van der Waals surface area contributed by atoms with Crippen LogP contribution in [0.1, 0.15) is 34.1 Å². The largest absolute Gasteiger partial charge is 0.491 e. The molecular formula is C17H26N2O6S. The molecule has 1 aromatic carbocycles. The average Bonchev–Trinajstić information content (AvgIpc) is 2.52. The maximum Gasteiger partial charge on any atom is 0.326 e. The fourth-order valence-corrected chi connectivity index (χ4v) is 3.16. The number of nitrogens with one attached hydrogen (secondary N) is 2. The molecule has 9 heteroatoms. The van der Waals surface area contributed by atoms with E-state index in [0.717, 1.165) is 0 Å². The molecule has 26 heavy (non-hydrogen) atoms. The Balaban J connectivity index is 2.70. The zero-order chi connectivity index (χ0) is 19.9. The number of amides is 1. The molecule has 146 valence electrons. The van der Waals surface area contributed by atoms with E-state index >= 15 is 0 Å². The van der Waals surface area contributed by atoms with Crippen LogP contribution in [-0.4, -0.2) is 43.3 Å². The molecule has 0 aliphatic heterocycles. The van der Waals surface area contributed by atoms with E-state index in [9.17, 15) is 18.0 Å². The Morgan fingerprint density at radius 3 is 2.19 bits per heavy atom. The lowest BCUT2D eigenvalue weighted by molar-refractivity contribution is -0.143. The Labute approximate surface area is 154 Å². The predicted octanol–water partition coefficient (Wildman–Crippen LogP) is 1.83. The molecular weight excluding hydrogens is 360 g/mol. The van der Waals surface area contributed by atoms with Crippen LogP contribution in [0.5, 0.6) is 5.75 Å². The van der Waals surface area contributed by atoms with Crippen LogP contribution in [0.3, 0.4) is 0 Å². The van der Waals surface area contributed by atoms with E-state index in [1.165, 1.54) is 12.1 Å². The summed E-state index contributed by atoms with van der Waals surface area (Å²) in [5, 5.41) is 11.4. The van der Waals surface area contributed by atoms with E-state index in [-0.39, 0.29) is 17.7 Å². The van der Waals surface area contributed by atoms with Gasteiger partial charge in [0.25, 0.3) is 0 Å². The van der Waals surface area contributed by atoms with Gasteiger partial charge in [0.1, 0.15) is 17.5 Å². The zero-order valence-corrected chi connectivity index (χ0v) is 16.2. The van der Waals surface area contributed by atoms with Crippen molar-refractivity contribution >= 4 is 27.6 Å². The lowest BCUT2D eigenvalue weighted by Gasteiger charge is -2.20. The Morgan fingerprint density at radius 1 is 1.15 bits per heavy atom. The van der Waals surface area contributed by atoms with Crippen molar-refractivity contribution in [3.8, 4) is 5.75 Å². The first kappa shape index (κ1) is 21.8. The molecule has 0 bridgehead atoms. The van der Waals surface area contributed by atoms with Gasteiger partial charge in [-0.1, -0.05) is 20.3 Å². The van der Waals surface area contributed by atoms with Gasteiger partial charge in [-0.2, -0.15) is 0 Å². The van der Waals surface area contributed by atoms with Gasteiger partial charge in [0.15, 0.2) is 0 Å². The molecule has 0 radical (unpaired) electrons. The molecule has 1 amide bonds. The van der Waals surface area contributed by atoms with Gasteiger partial charge in [0, 0.05) is 5.69 Å². The van der Waals surface area contributed by atoms with E-state index in [1.54, 1.807) is 26.0 Å². The second kappa shape index (κ2) is 9.42. The molecule has 0 fully saturated rings. The highest BCUT2D eigenvalue weighted by Gasteiger charge is 2.27. The highest BCUT2D eigenvalue weighted by Crippen LogP contribution is 2.18. The normalized spacial score (nSPS) is 13.7. The van der Waals surface area contributed by atoms with Crippen molar-refractivity contribution in [3.63, 3.8) is 0 Å². The number of carbonyl (C=O) groups is 2. The van der Waals surface area contributed by atoms with Crippen LogP contribution in [0.4, 0.5) is 5.69 Å². The second-order valence-electron chi connectivity index (χ2n) is 6.32. The first-order chi connectivity index (χ1) is 12.0. The first-order valence-corrected chi connectivity index (χ1v) is 9.98. The van der Waals surface area contributed by atoms with Gasteiger partial charge in [-0.05, 0) is 44.0 Å². The summed E-state index contributed by atoms with van der Waals surface area (Å²) in [4.78, 5) is 23.2. The van der Waals surface area contributed by atoms with Gasteiger partial charge >= 0.3 is 5.97 Å². The Hall–Kier alpha value is -2.29. The molecule has 0 spiro atoms. The second-order valence-corrected chi connectivity index (χ2v) is 8.04. The van der Waals surface area contributed by atoms with Crippen molar-refractivity contribution in [2.75, 3.05) is 10.5 Å². The third-order valence-electron chi connectivity index (χ3n) is 3.62. The quantitative estimate of drug-likeness (QED) is 0.564. The molecule has 2 unspecified atom stereocenters. The van der Waals surface area contributed by atoms with Gasteiger partial charge in [0.05, 0.1) is 6.10 Å². The molecule has 1 rings (SSSR count). The minimum atomic E-state index is -3.97. The van der Waals surface area contributed by atoms with Crippen molar-refractivity contribution in [1.29, 1.82) is 0 Å². The third kappa shape index (κ3) is 7.30.